The first-order chi connectivity index (χ1) is 4.70. The molecule has 0 aromatic carbocycles. The summed E-state index contributed by atoms with van der Waals surface area (Å²) in [7, 11) is 1.32. The summed E-state index contributed by atoms with van der Waals surface area (Å²) in [5.74, 6) is -0.403. The van der Waals surface area contributed by atoms with Crippen molar-refractivity contribution in [1.29, 1.82) is 0 Å². The number of halogens is 1. The summed E-state index contributed by atoms with van der Waals surface area (Å²) in [5, 5.41) is 0.519. The smallest absolute Gasteiger partial charge is 0.330 e. The van der Waals surface area contributed by atoms with E-state index in [1.807, 2.05) is 0 Å². The summed E-state index contributed by atoms with van der Waals surface area (Å²) < 4.78 is 4.33. The first kappa shape index (κ1) is 9.24. The quantitative estimate of drug-likeness (QED) is 0.350. The fourth-order valence-electron chi connectivity index (χ4n) is 0.312. The fourth-order valence-corrected chi connectivity index (χ4v) is 0.375. The lowest BCUT2D eigenvalue weighted by Gasteiger charge is -1.87. The van der Waals surface area contributed by atoms with Gasteiger partial charge in [0, 0.05) is 11.1 Å². The van der Waals surface area contributed by atoms with Gasteiger partial charge in [-0.15, -0.1) is 0 Å². The van der Waals surface area contributed by atoms with Gasteiger partial charge in [0.2, 0.25) is 0 Å². The lowest BCUT2D eigenvalue weighted by Crippen LogP contribution is -1.93. The van der Waals surface area contributed by atoms with Crippen LogP contribution in [0, 0.1) is 0 Å². The van der Waals surface area contributed by atoms with Crippen LogP contribution in [0.25, 0.3) is 0 Å². The van der Waals surface area contributed by atoms with Crippen molar-refractivity contribution >= 4 is 17.6 Å². The van der Waals surface area contributed by atoms with E-state index in [1.165, 1.54) is 19.3 Å². The largest absolute Gasteiger partial charge is 0.466 e. The Balaban J connectivity index is 3.88. The molecule has 0 aliphatic heterocycles. The molecule has 0 radical (unpaired) electrons. The zero-order valence-electron chi connectivity index (χ0n) is 5.93. The molecule has 0 aliphatic rings. The third-order valence-corrected chi connectivity index (χ3v) is 1.20. The van der Waals surface area contributed by atoms with Crippen LogP contribution >= 0.6 is 11.6 Å². The first-order valence-electron chi connectivity index (χ1n) is 2.78. The first-order valence-corrected chi connectivity index (χ1v) is 3.16. The van der Waals surface area contributed by atoms with E-state index < -0.39 is 5.97 Å². The normalized spacial score (nSPS) is 12.1. The SMILES string of the molecule is CC=C(Cl)/C=C/C(=O)OC. The zero-order valence-corrected chi connectivity index (χ0v) is 6.68. The standard InChI is InChI=1S/C7H9ClO2/c1-3-6(8)4-5-7(9)10-2/h3-5H,1-2H3/b5-4+,6-3?. The number of hydrogen-bond donors (Lipinski definition) is 0. The predicted molar refractivity (Wildman–Crippen MR) is 40.8 cm³/mol. The van der Waals surface area contributed by atoms with E-state index in [0.717, 1.165) is 0 Å². The van der Waals surface area contributed by atoms with Gasteiger partial charge in [0.1, 0.15) is 0 Å². The summed E-state index contributed by atoms with van der Waals surface area (Å²) in [6.07, 6.45) is 4.43. The number of methoxy groups -OCH3 is 1. The van der Waals surface area contributed by atoms with Gasteiger partial charge in [0.25, 0.3) is 0 Å². The van der Waals surface area contributed by atoms with Gasteiger partial charge in [-0.3, -0.25) is 0 Å². The van der Waals surface area contributed by atoms with Crippen LogP contribution in [0.3, 0.4) is 0 Å². The lowest BCUT2D eigenvalue weighted by molar-refractivity contribution is -0.134. The molecule has 0 spiro atoms. The zero-order chi connectivity index (χ0) is 7.98. The molecule has 0 bridgehead atoms. The molecule has 0 fully saturated rings. The van der Waals surface area contributed by atoms with Gasteiger partial charge in [-0.05, 0) is 13.0 Å². The Morgan fingerprint density at radius 3 is 2.50 bits per heavy atom. The van der Waals surface area contributed by atoms with Gasteiger partial charge in [0.05, 0.1) is 7.11 Å². The summed E-state index contributed by atoms with van der Waals surface area (Å²) in [6, 6.07) is 0. The molecule has 0 aliphatic carbocycles. The molecule has 0 atom stereocenters. The number of ether oxygens (including phenoxy) is 1. The van der Waals surface area contributed by atoms with Crippen molar-refractivity contribution in [2.75, 3.05) is 7.11 Å². The number of esters is 1. The Bertz CT molecular complexity index is 170. The average Bonchev–Trinajstić information content (AvgIpc) is 1.99. The molecule has 0 saturated carbocycles. The number of hydrogen-bond acceptors (Lipinski definition) is 2. The molecule has 2 nitrogen and oxygen atoms in total. The second kappa shape index (κ2) is 5.06. The van der Waals surface area contributed by atoms with Crippen molar-refractivity contribution in [3.05, 3.63) is 23.3 Å². The topological polar surface area (TPSA) is 26.3 Å². The van der Waals surface area contributed by atoms with E-state index in [-0.39, 0.29) is 0 Å². The van der Waals surface area contributed by atoms with Gasteiger partial charge in [0.15, 0.2) is 0 Å². The maximum atomic E-state index is 10.4. The summed E-state index contributed by atoms with van der Waals surface area (Å²) in [5.41, 5.74) is 0. The van der Waals surface area contributed by atoms with Gasteiger partial charge in [-0.1, -0.05) is 17.7 Å². The summed E-state index contributed by atoms with van der Waals surface area (Å²) >= 11 is 5.53. The van der Waals surface area contributed by atoms with Crippen molar-refractivity contribution < 1.29 is 9.53 Å². The Kier molecular flexibility index (Phi) is 4.67. The minimum Gasteiger partial charge on any atom is -0.466 e. The highest BCUT2D eigenvalue weighted by Crippen LogP contribution is 2.01. The molecular weight excluding hydrogens is 152 g/mol. The van der Waals surface area contributed by atoms with Crippen molar-refractivity contribution in [2.45, 2.75) is 6.92 Å². The highest BCUT2D eigenvalue weighted by molar-refractivity contribution is 6.31. The van der Waals surface area contributed by atoms with Gasteiger partial charge < -0.3 is 4.74 Å². The molecular formula is C7H9ClO2. The third kappa shape index (κ3) is 4.15. The van der Waals surface area contributed by atoms with Crippen LogP contribution in [0.2, 0.25) is 0 Å². The van der Waals surface area contributed by atoms with E-state index in [0.29, 0.717) is 5.03 Å². The number of carbonyl (C=O) groups is 1. The minimum atomic E-state index is -0.403. The minimum absolute atomic E-state index is 0.403. The molecule has 0 aromatic rings. The van der Waals surface area contributed by atoms with E-state index in [2.05, 4.69) is 4.74 Å². The predicted octanol–water partition coefficient (Wildman–Crippen LogP) is 1.86. The van der Waals surface area contributed by atoms with Crippen LogP contribution in [-0.2, 0) is 9.53 Å². The van der Waals surface area contributed by atoms with Crippen LogP contribution in [0.5, 0.6) is 0 Å². The van der Waals surface area contributed by atoms with E-state index in [4.69, 9.17) is 11.6 Å². The Morgan fingerprint density at radius 2 is 2.10 bits per heavy atom. The van der Waals surface area contributed by atoms with Gasteiger partial charge >= 0.3 is 5.97 Å². The second-order valence-corrected chi connectivity index (χ2v) is 1.97. The third-order valence-electron chi connectivity index (χ3n) is 0.856. The number of carbonyl (C=O) groups excluding carboxylic acids is 1. The van der Waals surface area contributed by atoms with Crippen LogP contribution in [0.1, 0.15) is 6.92 Å². The number of rotatable bonds is 2. The van der Waals surface area contributed by atoms with Gasteiger partial charge in [-0.2, -0.15) is 0 Å². The molecule has 0 heterocycles. The lowest BCUT2D eigenvalue weighted by atomic mass is 10.4. The van der Waals surface area contributed by atoms with Crippen LogP contribution in [-0.4, -0.2) is 13.1 Å². The average molecular weight is 161 g/mol. The number of allylic oxidation sites excluding steroid dienone is 3. The van der Waals surface area contributed by atoms with E-state index >= 15 is 0 Å². The molecule has 0 amide bonds. The Labute approximate surface area is 65.1 Å². The molecule has 10 heavy (non-hydrogen) atoms. The van der Waals surface area contributed by atoms with Crippen molar-refractivity contribution in [1.82, 2.24) is 0 Å². The molecule has 0 aromatic heterocycles. The van der Waals surface area contributed by atoms with Crippen LogP contribution in [0.4, 0.5) is 0 Å². The maximum Gasteiger partial charge on any atom is 0.330 e. The van der Waals surface area contributed by atoms with E-state index in [9.17, 15) is 4.79 Å². The van der Waals surface area contributed by atoms with Crippen molar-refractivity contribution in [3.8, 4) is 0 Å². The molecule has 0 saturated heterocycles. The van der Waals surface area contributed by atoms with Crippen LogP contribution in [0.15, 0.2) is 23.3 Å². The van der Waals surface area contributed by atoms with E-state index in [1.54, 1.807) is 13.0 Å². The molecule has 0 N–H and O–H groups in total. The molecule has 56 valence electrons. The molecule has 0 rings (SSSR count). The van der Waals surface area contributed by atoms with Crippen molar-refractivity contribution in [2.24, 2.45) is 0 Å². The Morgan fingerprint density at radius 1 is 1.50 bits per heavy atom. The van der Waals surface area contributed by atoms with Gasteiger partial charge in [-0.25, -0.2) is 4.79 Å². The van der Waals surface area contributed by atoms with Crippen LogP contribution < -0.4 is 0 Å². The highest BCUT2D eigenvalue weighted by Gasteiger charge is 1.89. The summed E-state index contributed by atoms with van der Waals surface area (Å²) in [4.78, 5) is 10.4. The second-order valence-electron chi connectivity index (χ2n) is 1.53. The fraction of sp³-hybridized carbons (Fsp3) is 0.286. The molecule has 3 heteroatoms. The maximum absolute atomic E-state index is 10.4. The summed E-state index contributed by atoms with van der Waals surface area (Å²) in [6.45, 7) is 1.78. The van der Waals surface area contributed by atoms with Crippen molar-refractivity contribution in [3.63, 3.8) is 0 Å². The highest BCUT2D eigenvalue weighted by atomic mass is 35.5. The monoisotopic (exact) mass is 160 g/mol. The Hall–Kier alpha value is -0.760. The molecule has 0 unspecified atom stereocenters.